The highest BCUT2D eigenvalue weighted by atomic mass is 32.2. The highest BCUT2D eigenvalue weighted by Gasteiger charge is 2.35. The topological polar surface area (TPSA) is 119 Å². The first-order valence-corrected chi connectivity index (χ1v) is 15.0. The normalized spacial score (nSPS) is 23.9. The summed E-state index contributed by atoms with van der Waals surface area (Å²) < 4.78 is 49.4. The number of hydrogen-bond donors (Lipinski definition) is 0. The molecule has 0 saturated carbocycles. The van der Waals surface area contributed by atoms with E-state index in [4.69, 9.17) is 0 Å². The zero-order valence-corrected chi connectivity index (χ0v) is 20.2. The summed E-state index contributed by atoms with van der Waals surface area (Å²) in [4.78, 5) is 14.8. The van der Waals surface area contributed by atoms with E-state index in [0.717, 1.165) is 5.56 Å². The Kier molecular flexibility index (Phi) is 6.64. The van der Waals surface area contributed by atoms with Crippen LogP contribution in [0.15, 0.2) is 35.5 Å². The molecule has 2 saturated heterocycles. The molecule has 0 N–H and O–H groups in total. The van der Waals surface area contributed by atoms with Gasteiger partial charge in [-0.2, -0.15) is 0 Å². The lowest BCUT2D eigenvalue weighted by atomic mass is 10.1. The number of carbonyl (C=O) groups is 1. The molecule has 0 bridgehead atoms. The third-order valence-corrected chi connectivity index (χ3v) is 10.5. The van der Waals surface area contributed by atoms with Crippen molar-refractivity contribution in [1.29, 1.82) is 0 Å². The molecule has 0 aliphatic carbocycles. The Hall–Kier alpha value is -1.92. The lowest BCUT2D eigenvalue weighted by molar-refractivity contribution is -0.130. The zero-order valence-electron chi connectivity index (χ0n) is 17.8. The maximum Gasteiger partial charge on any atom is 0.233 e. The Morgan fingerprint density at radius 3 is 2.38 bits per heavy atom. The monoisotopic (exact) mass is 498 g/mol. The van der Waals surface area contributed by atoms with Crippen LogP contribution in [0.4, 0.5) is 0 Å². The number of thioether (sulfide) groups is 1. The van der Waals surface area contributed by atoms with Crippen molar-refractivity contribution in [3.8, 4) is 0 Å². The summed E-state index contributed by atoms with van der Waals surface area (Å²) in [6.45, 7) is 0.352. The van der Waals surface area contributed by atoms with Crippen LogP contribution in [0.25, 0.3) is 0 Å². The van der Waals surface area contributed by atoms with Crippen LogP contribution in [0.5, 0.6) is 0 Å². The molecule has 2 aromatic rings. The first kappa shape index (κ1) is 23.2. The third-order valence-electron chi connectivity index (χ3n) is 5.96. The van der Waals surface area contributed by atoms with Crippen LogP contribution in [0.3, 0.4) is 0 Å². The minimum Gasteiger partial charge on any atom is -0.334 e. The SMILES string of the molecule is Cn1c(SCC(=O)N(Cc2ccccc2)[C@@H]2CCS(=O)(=O)C2)nnc1[C@H]1CCS(=O)(=O)C1. The smallest absolute Gasteiger partial charge is 0.233 e. The maximum absolute atomic E-state index is 13.2. The van der Waals surface area contributed by atoms with Gasteiger partial charge in [-0.15, -0.1) is 10.2 Å². The molecule has 0 radical (unpaired) electrons. The van der Waals surface area contributed by atoms with E-state index in [1.807, 2.05) is 30.3 Å². The van der Waals surface area contributed by atoms with Gasteiger partial charge in [-0.05, 0) is 18.4 Å². The number of sulfone groups is 2. The van der Waals surface area contributed by atoms with Gasteiger partial charge in [0.1, 0.15) is 5.82 Å². The second-order valence-electron chi connectivity index (χ2n) is 8.35. The number of benzene rings is 1. The van der Waals surface area contributed by atoms with Gasteiger partial charge in [0.25, 0.3) is 0 Å². The minimum atomic E-state index is -3.13. The number of nitrogens with zero attached hydrogens (tertiary/aromatic N) is 4. The zero-order chi connectivity index (χ0) is 22.9. The lowest BCUT2D eigenvalue weighted by Crippen LogP contribution is -2.41. The Bertz CT molecular complexity index is 1200. The van der Waals surface area contributed by atoms with E-state index in [0.29, 0.717) is 30.4 Å². The molecule has 174 valence electrons. The molecule has 1 aromatic heterocycles. The van der Waals surface area contributed by atoms with Crippen LogP contribution < -0.4 is 0 Å². The van der Waals surface area contributed by atoms with Crippen molar-refractivity contribution in [3.05, 3.63) is 41.7 Å². The molecule has 2 aliphatic rings. The first-order chi connectivity index (χ1) is 15.1. The summed E-state index contributed by atoms with van der Waals surface area (Å²) in [5, 5.41) is 8.87. The maximum atomic E-state index is 13.2. The van der Waals surface area contributed by atoms with Gasteiger partial charge < -0.3 is 9.47 Å². The summed E-state index contributed by atoms with van der Waals surface area (Å²) in [5.41, 5.74) is 0.943. The summed E-state index contributed by atoms with van der Waals surface area (Å²) in [6, 6.07) is 9.17. The molecule has 0 unspecified atom stereocenters. The van der Waals surface area contributed by atoms with Gasteiger partial charge >= 0.3 is 0 Å². The average molecular weight is 499 g/mol. The van der Waals surface area contributed by atoms with E-state index < -0.39 is 19.7 Å². The predicted octanol–water partition coefficient (Wildman–Crippen LogP) is 1.03. The van der Waals surface area contributed by atoms with Crippen molar-refractivity contribution in [2.24, 2.45) is 7.05 Å². The van der Waals surface area contributed by atoms with Crippen LogP contribution >= 0.6 is 11.8 Å². The Labute approximate surface area is 192 Å². The molecule has 1 aromatic carbocycles. The quantitative estimate of drug-likeness (QED) is 0.519. The van der Waals surface area contributed by atoms with Crippen LogP contribution in [-0.2, 0) is 38.1 Å². The first-order valence-electron chi connectivity index (χ1n) is 10.4. The fraction of sp³-hybridized carbons (Fsp3) is 0.550. The van der Waals surface area contributed by atoms with Gasteiger partial charge in [-0.25, -0.2) is 16.8 Å². The molecular formula is C20H26N4O5S3. The Morgan fingerprint density at radius 1 is 1.06 bits per heavy atom. The standard InChI is InChI=1S/C20H26N4O5S3/c1-23-19(16-7-9-31(26,27)13-16)21-22-20(23)30-12-18(25)24(11-15-5-3-2-4-6-15)17-8-10-32(28,29)14-17/h2-6,16-17H,7-14H2,1H3/t16-,17+/m0/s1. The fourth-order valence-corrected chi connectivity index (χ4v) is 8.51. The summed E-state index contributed by atoms with van der Waals surface area (Å²) in [6.07, 6.45) is 0.967. The Morgan fingerprint density at radius 2 is 1.75 bits per heavy atom. The summed E-state index contributed by atoms with van der Waals surface area (Å²) in [7, 11) is -4.39. The van der Waals surface area contributed by atoms with E-state index in [-0.39, 0.29) is 46.6 Å². The highest BCUT2D eigenvalue weighted by Crippen LogP contribution is 2.30. The van der Waals surface area contributed by atoms with E-state index in [9.17, 15) is 21.6 Å². The molecule has 4 rings (SSSR count). The predicted molar refractivity (Wildman–Crippen MR) is 122 cm³/mol. The van der Waals surface area contributed by atoms with Gasteiger partial charge in [-0.1, -0.05) is 42.1 Å². The molecule has 1 amide bonds. The van der Waals surface area contributed by atoms with E-state index in [1.54, 1.807) is 16.5 Å². The molecule has 2 atom stereocenters. The average Bonchev–Trinajstić information content (AvgIpc) is 3.41. The van der Waals surface area contributed by atoms with Crippen molar-refractivity contribution in [2.45, 2.75) is 36.5 Å². The van der Waals surface area contributed by atoms with Crippen LogP contribution in [0.2, 0.25) is 0 Å². The minimum absolute atomic E-state index is 0.0134. The molecule has 2 aliphatic heterocycles. The second kappa shape index (κ2) is 9.14. The fourth-order valence-electron chi connectivity index (χ4n) is 4.24. The highest BCUT2D eigenvalue weighted by molar-refractivity contribution is 7.99. The van der Waals surface area contributed by atoms with Gasteiger partial charge in [0.2, 0.25) is 5.91 Å². The molecule has 12 heteroatoms. The van der Waals surface area contributed by atoms with Crippen LogP contribution in [0.1, 0.15) is 30.1 Å². The number of carbonyl (C=O) groups excluding carboxylic acids is 1. The summed E-state index contributed by atoms with van der Waals surface area (Å²) >= 11 is 1.23. The molecule has 3 heterocycles. The van der Waals surface area contributed by atoms with Crippen molar-refractivity contribution in [2.75, 3.05) is 28.8 Å². The van der Waals surface area contributed by atoms with Crippen molar-refractivity contribution in [1.82, 2.24) is 19.7 Å². The van der Waals surface area contributed by atoms with Crippen molar-refractivity contribution < 1.29 is 21.6 Å². The third kappa shape index (κ3) is 5.34. The van der Waals surface area contributed by atoms with Crippen LogP contribution in [0, 0.1) is 0 Å². The molecule has 2 fully saturated rings. The van der Waals surface area contributed by atoms with Gasteiger partial charge in [0.05, 0.1) is 28.8 Å². The van der Waals surface area contributed by atoms with E-state index in [2.05, 4.69) is 10.2 Å². The van der Waals surface area contributed by atoms with E-state index >= 15 is 0 Å². The second-order valence-corrected chi connectivity index (χ2v) is 13.8. The lowest BCUT2D eigenvalue weighted by Gasteiger charge is -2.28. The van der Waals surface area contributed by atoms with Gasteiger partial charge in [0, 0.05) is 25.6 Å². The molecular weight excluding hydrogens is 472 g/mol. The van der Waals surface area contributed by atoms with Gasteiger partial charge in [-0.3, -0.25) is 4.79 Å². The van der Waals surface area contributed by atoms with Gasteiger partial charge in [0.15, 0.2) is 24.8 Å². The van der Waals surface area contributed by atoms with Crippen molar-refractivity contribution in [3.63, 3.8) is 0 Å². The Balaban J connectivity index is 1.45. The number of amides is 1. The number of rotatable bonds is 7. The van der Waals surface area contributed by atoms with E-state index in [1.165, 1.54) is 11.8 Å². The number of aromatic nitrogens is 3. The molecule has 0 spiro atoms. The largest absolute Gasteiger partial charge is 0.334 e. The molecule has 9 nitrogen and oxygen atoms in total. The van der Waals surface area contributed by atoms with Crippen molar-refractivity contribution >= 4 is 37.3 Å². The number of hydrogen-bond acceptors (Lipinski definition) is 8. The van der Waals surface area contributed by atoms with Crippen LogP contribution in [-0.4, -0.2) is 77.2 Å². The summed E-state index contributed by atoms with van der Waals surface area (Å²) in [5.74, 6) is 0.686. The molecule has 32 heavy (non-hydrogen) atoms.